The molecule has 5 rings (SSSR count). The Labute approximate surface area is 174 Å². The molecule has 2 aromatic carbocycles. The lowest BCUT2D eigenvalue weighted by molar-refractivity contribution is 0.0925. The van der Waals surface area contributed by atoms with Crippen molar-refractivity contribution in [3.8, 4) is 22.7 Å². The van der Waals surface area contributed by atoms with E-state index in [1.807, 2.05) is 66.7 Å². The van der Waals surface area contributed by atoms with Crippen LogP contribution in [-0.4, -0.2) is 27.3 Å². The summed E-state index contributed by atoms with van der Waals surface area (Å²) in [4.78, 5) is 17.5. The molecule has 0 spiro atoms. The summed E-state index contributed by atoms with van der Waals surface area (Å²) < 4.78 is 7.45. The van der Waals surface area contributed by atoms with Gasteiger partial charge in [0.15, 0.2) is 0 Å². The molecule has 6 nitrogen and oxygen atoms in total. The molecule has 1 N–H and O–H groups in total. The topological polar surface area (TPSA) is 69.0 Å². The van der Waals surface area contributed by atoms with Gasteiger partial charge in [-0.25, -0.2) is 4.68 Å². The molecule has 1 aliphatic heterocycles. The van der Waals surface area contributed by atoms with E-state index in [1.54, 1.807) is 23.3 Å². The second-order valence-corrected chi connectivity index (χ2v) is 7.11. The number of ether oxygens (including phenoxy) is 1. The first-order chi connectivity index (χ1) is 14.8. The zero-order valence-electron chi connectivity index (χ0n) is 16.2. The van der Waals surface area contributed by atoms with Gasteiger partial charge in [0.1, 0.15) is 11.4 Å². The minimum atomic E-state index is -0.169. The molecule has 2 aromatic heterocycles. The summed E-state index contributed by atoms with van der Waals surface area (Å²) in [6.07, 6.45) is 5.92. The van der Waals surface area contributed by atoms with Gasteiger partial charge in [0.2, 0.25) is 0 Å². The maximum atomic E-state index is 13.3. The van der Waals surface area contributed by atoms with Gasteiger partial charge in [0, 0.05) is 36.1 Å². The summed E-state index contributed by atoms with van der Waals surface area (Å²) in [7, 11) is 0. The van der Waals surface area contributed by atoms with Gasteiger partial charge in [-0.15, -0.1) is 0 Å². The molecular weight excluding hydrogens is 376 g/mol. The van der Waals surface area contributed by atoms with Crippen molar-refractivity contribution in [2.24, 2.45) is 0 Å². The fourth-order valence-electron chi connectivity index (χ4n) is 3.70. The molecule has 0 fully saturated rings. The van der Waals surface area contributed by atoms with E-state index in [2.05, 4.69) is 10.3 Å². The van der Waals surface area contributed by atoms with Crippen LogP contribution in [0.3, 0.4) is 0 Å². The Balaban J connectivity index is 1.52. The second-order valence-electron chi connectivity index (χ2n) is 7.11. The Kier molecular flexibility index (Phi) is 4.73. The summed E-state index contributed by atoms with van der Waals surface area (Å²) in [6.45, 7) is 0.570. The first kappa shape index (κ1) is 18.1. The van der Waals surface area contributed by atoms with Gasteiger partial charge in [-0.1, -0.05) is 36.4 Å². The number of pyridine rings is 1. The van der Waals surface area contributed by atoms with E-state index in [1.165, 1.54) is 0 Å². The molecule has 4 aromatic rings. The number of nitrogens with zero attached hydrogens (tertiary/aromatic N) is 3. The lowest BCUT2D eigenvalue weighted by Crippen LogP contribution is -2.32. The van der Waals surface area contributed by atoms with Crippen LogP contribution in [0.1, 0.15) is 28.4 Å². The molecule has 0 saturated carbocycles. The average molecular weight is 396 g/mol. The maximum absolute atomic E-state index is 13.3. The molecule has 3 heterocycles. The molecule has 0 radical (unpaired) electrons. The van der Waals surface area contributed by atoms with Crippen LogP contribution in [0.4, 0.5) is 0 Å². The summed E-state index contributed by atoms with van der Waals surface area (Å²) >= 11 is 0. The molecule has 0 saturated heterocycles. The van der Waals surface area contributed by atoms with Crippen LogP contribution in [0.5, 0.6) is 5.75 Å². The van der Waals surface area contributed by atoms with Crippen molar-refractivity contribution in [3.63, 3.8) is 0 Å². The summed E-state index contributed by atoms with van der Waals surface area (Å²) in [6, 6.07) is 21.2. The molecule has 148 valence electrons. The average Bonchev–Trinajstić information content (AvgIpc) is 3.26. The van der Waals surface area contributed by atoms with E-state index < -0.39 is 0 Å². The summed E-state index contributed by atoms with van der Waals surface area (Å²) in [5.41, 5.74) is 3.79. The number of amides is 1. The van der Waals surface area contributed by atoms with Crippen molar-refractivity contribution in [2.75, 3.05) is 6.61 Å². The Bertz CT molecular complexity index is 1170. The van der Waals surface area contributed by atoms with Crippen LogP contribution in [0.2, 0.25) is 0 Å². The lowest BCUT2D eigenvalue weighted by atomic mass is 10.00. The SMILES string of the molecule is O=C(N[C@@H]1CCOc2ccccc21)c1cn(-c2ccccc2)nc1-c1cccnc1. The third-order valence-corrected chi connectivity index (χ3v) is 5.18. The van der Waals surface area contributed by atoms with Gasteiger partial charge >= 0.3 is 0 Å². The van der Waals surface area contributed by atoms with Crippen molar-refractivity contribution in [2.45, 2.75) is 12.5 Å². The Morgan fingerprint density at radius 3 is 2.70 bits per heavy atom. The molecule has 0 unspecified atom stereocenters. The highest BCUT2D eigenvalue weighted by Crippen LogP contribution is 2.32. The van der Waals surface area contributed by atoms with Crippen molar-refractivity contribution in [1.29, 1.82) is 0 Å². The molecule has 1 amide bonds. The summed E-state index contributed by atoms with van der Waals surface area (Å²) in [5.74, 6) is 0.652. The number of carbonyl (C=O) groups is 1. The van der Waals surface area contributed by atoms with Gasteiger partial charge in [0.25, 0.3) is 5.91 Å². The number of benzene rings is 2. The van der Waals surface area contributed by atoms with E-state index in [-0.39, 0.29) is 11.9 Å². The molecule has 0 aliphatic carbocycles. The third-order valence-electron chi connectivity index (χ3n) is 5.18. The smallest absolute Gasteiger partial charge is 0.255 e. The number of fused-ring (bicyclic) bond motifs is 1. The van der Waals surface area contributed by atoms with Gasteiger partial charge in [0.05, 0.1) is 23.9 Å². The second kappa shape index (κ2) is 7.83. The van der Waals surface area contributed by atoms with E-state index in [4.69, 9.17) is 9.84 Å². The van der Waals surface area contributed by atoms with E-state index in [9.17, 15) is 4.79 Å². The van der Waals surface area contributed by atoms with Crippen LogP contribution in [-0.2, 0) is 0 Å². The van der Waals surface area contributed by atoms with Crippen LogP contribution < -0.4 is 10.1 Å². The lowest BCUT2D eigenvalue weighted by Gasteiger charge is -2.26. The van der Waals surface area contributed by atoms with Gasteiger partial charge in [-0.3, -0.25) is 9.78 Å². The predicted molar refractivity (Wildman–Crippen MR) is 114 cm³/mol. The fourth-order valence-corrected chi connectivity index (χ4v) is 3.70. The summed E-state index contributed by atoms with van der Waals surface area (Å²) in [5, 5.41) is 7.87. The Morgan fingerprint density at radius 2 is 1.87 bits per heavy atom. The van der Waals surface area contributed by atoms with Crippen molar-refractivity contribution >= 4 is 5.91 Å². The number of aromatic nitrogens is 3. The van der Waals surface area contributed by atoms with Crippen molar-refractivity contribution in [3.05, 3.63) is 96.4 Å². The molecule has 6 heteroatoms. The van der Waals surface area contributed by atoms with Crippen molar-refractivity contribution < 1.29 is 9.53 Å². The quantitative estimate of drug-likeness (QED) is 0.562. The molecule has 30 heavy (non-hydrogen) atoms. The molecule has 1 aliphatic rings. The number of para-hydroxylation sites is 2. The minimum Gasteiger partial charge on any atom is -0.493 e. The third kappa shape index (κ3) is 3.43. The van der Waals surface area contributed by atoms with Crippen LogP contribution >= 0.6 is 0 Å². The van der Waals surface area contributed by atoms with E-state index in [0.717, 1.165) is 29.0 Å². The first-order valence-corrected chi connectivity index (χ1v) is 9.88. The van der Waals surface area contributed by atoms with E-state index >= 15 is 0 Å². The molecule has 1 atom stereocenters. The highest BCUT2D eigenvalue weighted by atomic mass is 16.5. The molecule has 0 bridgehead atoms. The zero-order chi connectivity index (χ0) is 20.3. The number of hydrogen-bond donors (Lipinski definition) is 1. The predicted octanol–water partition coefficient (Wildman–Crippen LogP) is 4.19. The number of carbonyl (C=O) groups excluding carboxylic acids is 1. The number of rotatable bonds is 4. The normalized spacial score (nSPS) is 15.1. The Morgan fingerprint density at radius 1 is 1.03 bits per heavy atom. The fraction of sp³-hybridized carbons (Fsp3) is 0.125. The van der Waals surface area contributed by atoms with Gasteiger partial charge < -0.3 is 10.1 Å². The first-order valence-electron chi connectivity index (χ1n) is 9.88. The highest BCUT2D eigenvalue weighted by molar-refractivity contribution is 6.00. The number of nitrogens with one attached hydrogen (secondary N) is 1. The van der Waals surface area contributed by atoms with E-state index in [0.29, 0.717) is 17.9 Å². The number of hydrogen-bond acceptors (Lipinski definition) is 4. The monoisotopic (exact) mass is 396 g/mol. The van der Waals surface area contributed by atoms with Gasteiger partial charge in [-0.05, 0) is 30.3 Å². The van der Waals surface area contributed by atoms with Crippen LogP contribution in [0, 0.1) is 0 Å². The van der Waals surface area contributed by atoms with Crippen molar-refractivity contribution in [1.82, 2.24) is 20.1 Å². The van der Waals surface area contributed by atoms with Gasteiger partial charge in [-0.2, -0.15) is 5.10 Å². The standard InChI is InChI=1S/C24H20N4O2/c29-24(26-21-12-14-30-22-11-5-4-10-19(21)22)20-16-28(18-8-2-1-3-9-18)27-23(20)17-7-6-13-25-15-17/h1-11,13,15-16,21H,12,14H2,(H,26,29)/t21-/m1/s1. The van der Waals surface area contributed by atoms with Crippen LogP contribution in [0.15, 0.2) is 85.3 Å². The largest absolute Gasteiger partial charge is 0.493 e. The highest BCUT2D eigenvalue weighted by Gasteiger charge is 2.26. The van der Waals surface area contributed by atoms with Crippen LogP contribution in [0.25, 0.3) is 16.9 Å². The Hall–Kier alpha value is -3.93. The maximum Gasteiger partial charge on any atom is 0.255 e. The molecular formula is C24H20N4O2. The minimum absolute atomic E-state index is 0.107. The zero-order valence-corrected chi connectivity index (χ0v) is 16.2.